The highest BCUT2D eigenvalue weighted by molar-refractivity contribution is 5.68. The third kappa shape index (κ3) is 6.20. The number of carbonyl (C=O) groups is 1. The maximum Gasteiger partial charge on any atom is 0.410 e. The molecule has 1 atom stereocenters. The van der Waals surface area contributed by atoms with Crippen LogP contribution in [0.1, 0.15) is 27.2 Å². The molecular formula is C13H25FN2O3. The zero-order valence-electron chi connectivity index (χ0n) is 12.1. The Kier molecular flexibility index (Phi) is 6.00. The first-order valence-corrected chi connectivity index (χ1v) is 6.76. The molecule has 0 saturated carbocycles. The second kappa shape index (κ2) is 7.05. The maximum absolute atomic E-state index is 12.1. The monoisotopic (exact) mass is 276 g/mol. The fraction of sp³-hybridized carbons (Fsp3) is 0.923. The lowest BCUT2D eigenvalue weighted by Gasteiger charge is -2.35. The van der Waals surface area contributed by atoms with E-state index in [9.17, 15) is 14.3 Å². The Morgan fingerprint density at radius 3 is 2.37 bits per heavy atom. The van der Waals surface area contributed by atoms with Crippen LogP contribution in [0.3, 0.4) is 0 Å². The second-order valence-corrected chi connectivity index (χ2v) is 5.91. The van der Waals surface area contributed by atoms with Crippen LogP contribution in [0.25, 0.3) is 0 Å². The Hall–Kier alpha value is -0.880. The summed E-state index contributed by atoms with van der Waals surface area (Å²) < 4.78 is 17.4. The maximum atomic E-state index is 12.1. The first kappa shape index (κ1) is 16.2. The van der Waals surface area contributed by atoms with Crippen molar-refractivity contribution < 1.29 is 19.0 Å². The molecule has 0 aliphatic carbocycles. The van der Waals surface area contributed by atoms with E-state index < -0.39 is 18.4 Å². The van der Waals surface area contributed by atoms with E-state index in [1.165, 1.54) is 0 Å². The predicted molar refractivity (Wildman–Crippen MR) is 70.8 cm³/mol. The van der Waals surface area contributed by atoms with Gasteiger partial charge in [0.2, 0.25) is 0 Å². The average molecular weight is 276 g/mol. The van der Waals surface area contributed by atoms with Crippen molar-refractivity contribution in [3.05, 3.63) is 0 Å². The van der Waals surface area contributed by atoms with Gasteiger partial charge in [-0.25, -0.2) is 9.18 Å². The lowest BCUT2D eigenvalue weighted by molar-refractivity contribution is 0.0130. The normalized spacial score (nSPS) is 19.3. The summed E-state index contributed by atoms with van der Waals surface area (Å²) in [5.74, 6) is 0. The summed E-state index contributed by atoms with van der Waals surface area (Å²) in [5, 5.41) is 9.17. The van der Waals surface area contributed by atoms with Gasteiger partial charge in [-0.2, -0.15) is 0 Å². The quantitative estimate of drug-likeness (QED) is 0.840. The van der Waals surface area contributed by atoms with Crippen LogP contribution >= 0.6 is 0 Å². The number of halogens is 1. The van der Waals surface area contributed by atoms with Crippen LogP contribution in [0, 0.1) is 0 Å². The number of rotatable bonds is 4. The van der Waals surface area contributed by atoms with Gasteiger partial charge in [-0.3, -0.25) is 4.90 Å². The SMILES string of the molecule is CC(C)(C)OC(=O)N1CCN(CCC(O)CF)CC1. The first-order chi connectivity index (χ1) is 8.81. The zero-order valence-corrected chi connectivity index (χ0v) is 12.1. The van der Waals surface area contributed by atoms with Gasteiger partial charge >= 0.3 is 6.09 Å². The van der Waals surface area contributed by atoms with E-state index in [-0.39, 0.29) is 6.09 Å². The van der Waals surface area contributed by atoms with Crippen LogP contribution in [0.4, 0.5) is 9.18 Å². The fourth-order valence-electron chi connectivity index (χ4n) is 1.89. The van der Waals surface area contributed by atoms with Gasteiger partial charge in [-0.1, -0.05) is 0 Å². The number of carbonyl (C=O) groups excluding carboxylic acids is 1. The number of piperazine rings is 1. The van der Waals surface area contributed by atoms with Crippen molar-refractivity contribution in [3.63, 3.8) is 0 Å². The Morgan fingerprint density at radius 1 is 1.32 bits per heavy atom. The van der Waals surface area contributed by atoms with Crippen molar-refractivity contribution in [1.29, 1.82) is 0 Å². The Morgan fingerprint density at radius 2 is 1.89 bits per heavy atom. The summed E-state index contributed by atoms with van der Waals surface area (Å²) in [6.45, 7) is 8.20. The van der Waals surface area contributed by atoms with Crippen LogP contribution in [-0.2, 0) is 4.74 Å². The molecule has 1 N–H and O–H groups in total. The molecule has 19 heavy (non-hydrogen) atoms. The number of alkyl halides is 1. The molecule has 1 fully saturated rings. The van der Waals surface area contributed by atoms with Crippen molar-refractivity contribution in [3.8, 4) is 0 Å². The number of ether oxygens (including phenoxy) is 1. The van der Waals surface area contributed by atoms with Gasteiger partial charge in [-0.15, -0.1) is 0 Å². The van der Waals surface area contributed by atoms with Crippen molar-refractivity contribution >= 4 is 6.09 Å². The van der Waals surface area contributed by atoms with E-state index in [1.54, 1.807) is 4.90 Å². The molecule has 1 aliphatic rings. The van der Waals surface area contributed by atoms with Gasteiger partial charge in [0.15, 0.2) is 0 Å². The predicted octanol–water partition coefficient (Wildman–Crippen LogP) is 1.26. The summed E-state index contributed by atoms with van der Waals surface area (Å²) in [6, 6.07) is 0. The van der Waals surface area contributed by atoms with Gasteiger partial charge in [0, 0.05) is 32.7 Å². The molecule has 6 heteroatoms. The lowest BCUT2D eigenvalue weighted by atomic mass is 10.2. The molecule has 0 spiro atoms. The smallest absolute Gasteiger partial charge is 0.410 e. The number of amides is 1. The number of hydrogen-bond donors (Lipinski definition) is 1. The molecule has 0 aromatic rings. The third-order valence-corrected chi connectivity index (χ3v) is 2.98. The summed E-state index contributed by atoms with van der Waals surface area (Å²) in [5.41, 5.74) is -0.473. The highest BCUT2D eigenvalue weighted by Gasteiger charge is 2.25. The number of hydrogen-bond acceptors (Lipinski definition) is 4. The minimum Gasteiger partial charge on any atom is -0.444 e. The number of aliphatic hydroxyl groups excluding tert-OH is 1. The van der Waals surface area contributed by atoms with E-state index in [0.29, 0.717) is 26.1 Å². The summed E-state index contributed by atoms with van der Waals surface area (Å²) in [4.78, 5) is 15.6. The Labute approximate surface area is 114 Å². The molecule has 0 bridgehead atoms. The van der Waals surface area contributed by atoms with E-state index in [2.05, 4.69) is 4.90 Å². The molecule has 1 rings (SSSR count). The topological polar surface area (TPSA) is 53.0 Å². The first-order valence-electron chi connectivity index (χ1n) is 6.76. The Bertz CT molecular complexity index is 286. The number of nitrogens with zero attached hydrogens (tertiary/aromatic N) is 2. The largest absolute Gasteiger partial charge is 0.444 e. The average Bonchev–Trinajstić information content (AvgIpc) is 2.34. The van der Waals surface area contributed by atoms with Crippen LogP contribution in [0.5, 0.6) is 0 Å². The standard InChI is InChI=1S/C13H25FN2O3/c1-13(2,3)19-12(18)16-8-6-15(7-9-16)5-4-11(17)10-14/h11,17H,4-10H2,1-3H3. The van der Waals surface area contributed by atoms with Gasteiger partial charge < -0.3 is 14.7 Å². The fourth-order valence-corrected chi connectivity index (χ4v) is 1.89. The molecule has 1 saturated heterocycles. The minimum atomic E-state index is -0.871. The zero-order chi connectivity index (χ0) is 14.5. The van der Waals surface area contributed by atoms with Crippen molar-refractivity contribution in [2.45, 2.75) is 38.9 Å². The van der Waals surface area contributed by atoms with Gasteiger partial charge in [-0.05, 0) is 27.2 Å². The minimum absolute atomic E-state index is 0.282. The van der Waals surface area contributed by atoms with Crippen LogP contribution in [-0.4, -0.2) is 72.1 Å². The van der Waals surface area contributed by atoms with Gasteiger partial charge in [0.05, 0.1) is 6.10 Å². The van der Waals surface area contributed by atoms with Crippen molar-refractivity contribution in [2.24, 2.45) is 0 Å². The molecule has 1 heterocycles. The van der Waals surface area contributed by atoms with Crippen molar-refractivity contribution in [1.82, 2.24) is 9.80 Å². The molecular weight excluding hydrogens is 251 g/mol. The van der Waals surface area contributed by atoms with Crippen LogP contribution in [0.15, 0.2) is 0 Å². The molecule has 5 nitrogen and oxygen atoms in total. The van der Waals surface area contributed by atoms with E-state index in [4.69, 9.17) is 4.74 Å². The third-order valence-electron chi connectivity index (χ3n) is 2.98. The highest BCUT2D eigenvalue weighted by atomic mass is 19.1. The van der Waals surface area contributed by atoms with E-state index in [1.807, 2.05) is 20.8 Å². The summed E-state index contributed by atoms with van der Waals surface area (Å²) in [7, 11) is 0. The van der Waals surface area contributed by atoms with Gasteiger partial charge in [0.1, 0.15) is 12.3 Å². The van der Waals surface area contributed by atoms with Crippen molar-refractivity contribution in [2.75, 3.05) is 39.4 Å². The molecule has 1 amide bonds. The van der Waals surface area contributed by atoms with Gasteiger partial charge in [0.25, 0.3) is 0 Å². The lowest BCUT2D eigenvalue weighted by Crippen LogP contribution is -2.50. The second-order valence-electron chi connectivity index (χ2n) is 5.91. The summed E-state index contributed by atoms with van der Waals surface area (Å²) >= 11 is 0. The van der Waals surface area contributed by atoms with E-state index >= 15 is 0 Å². The Balaban J connectivity index is 2.27. The molecule has 112 valence electrons. The van der Waals surface area contributed by atoms with Crippen LogP contribution < -0.4 is 0 Å². The molecule has 0 aromatic carbocycles. The summed E-state index contributed by atoms with van der Waals surface area (Å²) in [6.07, 6.45) is -0.719. The van der Waals surface area contributed by atoms with E-state index in [0.717, 1.165) is 13.1 Å². The molecule has 0 radical (unpaired) electrons. The highest BCUT2D eigenvalue weighted by Crippen LogP contribution is 2.12. The molecule has 1 aliphatic heterocycles. The number of aliphatic hydroxyl groups is 1. The molecule has 0 aromatic heterocycles. The van der Waals surface area contributed by atoms with Crippen LogP contribution in [0.2, 0.25) is 0 Å². The molecule has 1 unspecified atom stereocenters.